The number of rotatable bonds is 3. The van der Waals surface area contributed by atoms with Crippen LogP contribution in [0.1, 0.15) is 24.5 Å². The van der Waals surface area contributed by atoms with E-state index in [4.69, 9.17) is 4.55 Å². The summed E-state index contributed by atoms with van der Waals surface area (Å²) in [6.07, 6.45) is 1.52. The van der Waals surface area contributed by atoms with Gasteiger partial charge in [0.15, 0.2) is 0 Å². The van der Waals surface area contributed by atoms with Crippen molar-refractivity contribution in [2.45, 2.75) is 31.6 Å². The molecule has 0 aromatic heterocycles. The van der Waals surface area contributed by atoms with E-state index < -0.39 is 10.1 Å². The van der Waals surface area contributed by atoms with Gasteiger partial charge in [0.25, 0.3) is 10.1 Å². The molecule has 0 spiro atoms. The number of aryl methyl sites for hydroxylation is 1. The van der Waals surface area contributed by atoms with Gasteiger partial charge in [-0.15, -0.1) is 0 Å². The van der Waals surface area contributed by atoms with Gasteiger partial charge in [0.1, 0.15) is 0 Å². The van der Waals surface area contributed by atoms with Crippen LogP contribution < -0.4 is 0 Å². The van der Waals surface area contributed by atoms with Crippen molar-refractivity contribution in [3.8, 4) is 0 Å². The molecule has 3 nitrogen and oxygen atoms in total. The Kier molecular flexibility index (Phi) is 3.29. The standard InChI is InChI=1S/C10H14O3S/c1-3-5-9-8(2)6-4-7-10(9)14(11,12)13/h4,6-7H,3,5H2,1-2H3,(H,11,12,13). The molecule has 0 radical (unpaired) electrons. The monoisotopic (exact) mass is 214 g/mol. The Labute approximate surface area is 84.5 Å². The smallest absolute Gasteiger partial charge is 0.282 e. The Hall–Kier alpha value is -0.870. The highest BCUT2D eigenvalue weighted by molar-refractivity contribution is 7.85. The Morgan fingerprint density at radius 2 is 2.00 bits per heavy atom. The maximum Gasteiger partial charge on any atom is 0.294 e. The van der Waals surface area contributed by atoms with E-state index in [0.29, 0.717) is 6.42 Å². The molecule has 0 saturated carbocycles. The zero-order chi connectivity index (χ0) is 10.8. The van der Waals surface area contributed by atoms with E-state index in [1.807, 2.05) is 19.9 Å². The fourth-order valence-electron chi connectivity index (χ4n) is 1.49. The molecular weight excluding hydrogens is 200 g/mol. The van der Waals surface area contributed by atoms with Crippen molar-refractivity contribution in [3.05, 3.63) is 29.3 Å². The predicted molar refractivity (Wildman–Crippen MR) is 55.0 cm³/mol. The first-order valence-corrected chi connectivity index (χ1v) is 5.96. The van der Waals surface area contributed by atoms with E-state index in [1.165, 1.54) is 6.07 Å². The third kappa shape index (κ3) is 2.33. The summed E-state index contributed by atoms with van der Waals surface area (Å²) < 4.78 is 31.1. The topological polar surface area (TPSA) is 54.4 Å². The summed E-state index contributed by atoms with van der Waals surface area (Å²) in [5.41, 5.74) is 1.62. The molecule has 0 atom stereocenters. The largest absolute Gasteiger partial charge is 0.294 e. The van der Waals surface area contributed by atoms with E-state index in [-0.39, 0.29) is 4.90 Å². The first-order valence-electron chi connectivity index (χ1n) is 4.52. The van der Waals surface area contributed by atoms with E-state index in [1.54, 1.807) is 6.07 Å². The lowest BCUT2D eigenvalue weighted by Crippen LogP contribution is -2.04. The average Bonchev–Trinajstić information content (AvgIpc) is 2.07. The third-order valence-electron chi connectivity index (χ3n) is 2.15. The molecule has 1 aromatic rings. The normalized spacial score (nSPS) is 11.6. The fraction of sp³-hybridized carbons (Fsp3) is 0.400. The van der Waals surface area contributed by atoms with Gasteiger partial charge >= 0.3 is 0 Å². The lowest BCUT2D eigenvalue weighted by molar-refractivity contribution is 0.482. The quantitative estimate of drug-likeness (QED) is 0.785. The molecule has 1 N–H and O–H groups in total. The van der Waals surface area contributed by atoms with E-state index in [0.717, 1.165) is 17.5 Å². The summed E-state index contributed by atoms with van der Waals surface area (Å²) in [7, 11) is -4.08. The van der Waals surface area contributed by atoms with Crippen LogP contribution in [0.3, 0.4) is 0 Å². The van der Waals surface area contributed by atoms with Gasteiger partial charge in [-0.05, 0) is 30.5 Å². The van der Waals surface area contributed by atoms with Crippen molar-refractivity contribution in [2.24, 2.45) is 0 Å². The molecule has 0 bridgehead atoms. The molecule has 0 heterocycles. The van der Waals surface area contributed by atoms with Crippen LogP contribution in [0.4, 0.5) is 0 Å². The lowest BCUT2D eigenvalue weighted by atomic mass is 10.0. The first kappa shape index (κ1) is 11.2. The van der Waals surface area contributed by atoms with E-state index in [9.17, 15) is 8.42 Å². The number of hydrogen-bond donors (Lipinski definition) is 1. The second-order valence-corrected chi connectivity index (χ2v) is 4.67. The zero-order valence-corrected chi connectivity index (χ0v) is 9.13. The minimum absolute atomic E-state index is 0.0411. The molecule has 0 aliphatic carbocycles. The molecule has 0 aliphatic rings. The Bertz CT molecular complexity index is 421. The number of hydrogen-bond acceptors (Lipinski definition) is 2. The molecular formula is C10H14O3S. The number of benzene rings is 1. The van der Waals surface area contributed by atoms with E-state index in [2.05, 4.69) is 0 Å². The van der Waals surface area contributed by atoms with Crippen molar-refractivity contribution in [1.29, 1.82) is 0 Å². The molecule has 78 valence electrons. The highest BCUT2D eigenvalue weighted by Crippen LogP contribution is 2.20. The molecule has 1 rings (SSSR count). The highest BCUT2D eigenvalue weighted by atomic mass is 32.2. The molecule has 0 saturated heterocycles. The SMILES string of the molecule is CCCc1c(C)cccc1S(=O)(=O)O. The van der Waals surface area contributed by atoms with Gasteiger partial charge in [-0.25, -0.2) is 0 Å². The third-order valence-corrected chi connectivity index (χ3v) is 3.08. The maximum atomic E-state index is 11.0. The van der Waals surface area contributed by atoms with Gasteiger partial charge in [-0.3, -0.25) is 4.55 Å². The van der Waals surface area contributed by atoms with Gasteiger partial charge in [-0.2, -0.15) is 8.42 Å². The molecule has 4 heteroatoms. The molecule has 0 amide bonds. The van der Waals surface area contributed by atoms with Crippen LogP contribution in [0, 0.1) is 6.92 Å². The summed E-state index contributed by atoms with van der Waals surface area (Å²) in [5.74, 6) is 0. The van der Waals surface area contributed by atoms with Crippen LogP contribution in [0.2, 0.25) is 0 Å². The van der Waals surface area contributed by atoms with Gasteiger partial charge in [0.2, 0.25) is 0 Å². The second kappa shape index (κ2) is 4.11. The summed E-state index contributed by atoms with van der Waals surface area (Å²) in [4.78, 5) is 0.0411. The van der Waals surface area contributed by atoms with Gasteiger partial charge in [-0.1, -0.05) is 25.5 Å². The van der Waals surface area contributed by atoms with Crippen molar-refractivity contribution in [1.82, 2.24) is 0 Å². The Balaban J connectivity index is 3.36. The lowest BCUT2D eigenvalue weighted by Gasteiger charge is -2.08. The highest BCUT2D eigenvalue weighted by Gasteiger charge is 2.15. The summed E-state index contributed by atoms with van der Waals surface area (Å²) in [6, 6.07) is 4.92. The van der Waals surface area contributed by atoms with Gasteiger partial charge in [0.05, 0.1) is 4.90 Å². The molecule has 14 heavy (non-hydrogen) atoms. The van der Waals surface area contributed by atoms with Crippen LogP contribution in [0.15, 0.2) is 23.1 Å². The molecule has 1 aromatic carbocycles. The zero-order valence-electron chi connectivity index (χ0n) is 8.32. The summed E-state index contributed by atoms with van der Waals surface area (Å²) >= 11 is 0. The van der Waals surface area contributed by atoms with Crippen LogP contribution in [-0.2, 0) is 16.5 Å². The maximum absolute atomic E-state index is 11.0. The van der Waals surface area contributed by atoms with Crippen LogP contribution in [0.5, 0.6) is 0 Å². The van der Waals surface area contributed by atoms with Crippen LogP contribution in [0.25, 0.3) is 0 Å². The fourth-order valence-corrected chi connectivity index (χ4v) is 2.31. The predicted octanol–water partition coefficient (Wildman–Crippen LogP) is 2.19. The summed E-state index contributed by atoms with van der Waals surface area (Å²) in [5, 5.41) is 0. The van der Waals surface area contributed by atoms with Crippen LogP contribution >= 0.6 is 0 Å². The average molecular weight is 214 g/mol. The van der Waals surface area contributed by atoms with Crippen molar-refractivity contribution in [3.63, 3.8) is 0 Å². The minimum Gasteiger partial charge on any atom is -0.282 e. The van der Waals surface area contributed by atoms with Crippen molar-refractivity contribution >= 4 is 10.1 Å². The second-order valence-electron chi connectivity index (χ2n) is 3.28. The van der Waals surface area contributed by atoms with Crippen molar-refractivity contribution in [2.75, 3.05) is 0 Å². The minimum atomic E-state index is -4.08. The van der Waals surface area contributed by atoms with Crippen LogP contribution in [-0.4, -0.2) is 13.0 Å². The molecule has 0 unspecified atom stereocenters. The van der Waals surface area contributed by atoms with Gasteiger partial charge in [0, 0.05) is 0 Å². The molecule has 0 fully saturated rings. The first-order chi connectivity index (χ1) is 6.46. The molecule has 0 aliphatic heterocycles. The van der Waals surface area contributed by atoms with Gasteiger partial charge < -0.3 is 0 Å². The Morgan fingerprint density at radius 1 is 1.36 bits per heavy atom. The van der Waals surface area contributed by atoms with E-state index >= 15 is 0 Å². The Morgan fingerprint density at radius 3 is 2.50 bits per heavy atom. The summed E-state index contributed by atoms with van der Waals surface area (Å²) in [6.45, 7) is 3.82. The van der Waals surface area contributed by atoms with Crippen molar-refractivity contribution < 1.29 is 13.0 Å².